The molecule has 1 unspecified atom stereocenters. The second-order valence-corrected chi connectivity index (χ2v) is 6.58. The molecule has 0 saturated heterocycles. The van der Waals surface area contributed by atoms with Gasteiger partial charge in [0.25, 0.3) is 5.91 Å². The predicted molar refractivity (Wildman–Crippen MR) is 103 cm³/mol. The summed E-state index contributed by atoms with van der Waals surface area (Å²) in [6, 6.07) is 12.5. The molecule has 0 spiro atoms. The summed E-state index contributed by atoms with van der Waals surface area (Å²) in [4.78, 5) is 12.4. The third-order valence-corrected chi connectivity index (χ3v) is 4.67. The number of benzene rings is 2. The quantitative estimate of drug-likeness (QED) is 0.639. The number of carbonyl (C=O) groups excluding carboxylic acids is 1. The highest BCUT2D eigenvalue weighted by molar-refractivity contribution is 6.42. The standard InChI is InChI=1S/C19H16Cl2FN3O2/c1-12(27-15-7-5-14(22)6-8-15)19(26)24-17-9-10-23-25(17)11-13-3-2-4-16(20)18(13)21/h2-10,12H,11H2,1H3,(H,24,26). The summed E-state index contributed by atoms with van der Waals surface area (Å²) < 4.78 is 20.1. The largest absolute Gasteiger partial charge is 0.481 e. The van der Waals surface area contributed by atoms with Gasteiger partial charge in [-0.2, -0.15) is 5.10 Å². The molecular weight excluding hydrogens is 392 g/mol. The highest BCUT2D eigenvalue weighted by Gasteiger charge is 2.17. The van der Waals surface area contributed by atoms with Gasteiger partial charge in [-0.1, -0.05) is 35.3 Å². The molecule has 5 nitrogen and oxygen atoms in total. The number of carbonyl (C=O) groups is 1. The van der Waals surface area contributed by atoms with E-state index in [0.717, 1.165) is 5.56 Å². The van der Waals surface area contributed by atoms with Crippen molar-refractivity contribution in [1.29, 1.82) is 0 Å². The van der Waals surface area contributed by atoms with Gasteiger partial charge in [-0.3, -0.25) is 4.79 Å². The van der Waals surface area contributed by atoms with Crippen LogP contribution in [0.2, 0.25) is 10.0 Å². The Morgan fingerprint density at radius 1 is 1.22 bits per heavy atom. The fraction of sp³-hybridized carbons (Fsp3) is 0.158. The number of nitrogens with one attached hydrogen (secondary N) is 1. The van der Waals surface area contributed by atoms with Crippen LogP contribution >= 0.6 is 23.2 Å². The van der Waals surface area contributed by atoms with Crippen LogP contribution in [0.25, 0.3) is 0 Å². The van der Waals surface area contributed by atoms with Gasteiger partial charge in [-0.15, -0.1) is 0 Å². The molecule has 0 saturated carbocycles. The zero-order chi connectivity index (χ0) is 19.4. The molecule has 2 aromatic carbocycles. The van der Waals surface area contributed by atoms with Crippen molar-refractivity contribution >= 4 is 34.9 Å². The molecule has 1 aromatic heterocycles. The lowest BCUT2D eigenvalue weighted by molar-refractivity contribution is -0.122. The van der Waals surface area contributed by atoms with Crippen molar-refractivity contribution in [1.82, 2.24) is 9.78 Å². The van der Waals surface area contributed by atoms with Gasteiger partial charge < -0.3 is 10.1 Å². The molecule has 0 bridgehead atoms. The SMILES string of the molecule is CC(Oc1ccc(F)cc1)C(=O)Nc1ccnn1Cc1cccc(Cl)c1Cl. The van der Waals surface area contributed by atoms with Gasteiger partial charge >= 0.3 is 0 Å². The molecule has 0 aliphatic rings. The van der Waals surface area contributed by atoms with E-state index in [2.05, 4.69) is 10.4 Å². The number of hydrogen-bond acceptors (Lipinski definition) is 3. The van der Waals surface area contributed by atoms with E-state index in [0.29, 0.717) is 28.2 Å². The van der Waals surface area contributed by atoms with Crippen molar-refractivity contribution in [3.8, 4) is 5.75 Å². The van der Waals surface area contributed by atoms with E-state index >= 15 is 0 Å². The Bertz CT molecular complexity index is 944. The Morgan fingerprint density at radius 3 is 2.70 bits per heavy atom. The molecule has 0 aliphatic carbocycles. The summed E-state index contributed by atoms with van der Waals surface area (Å²) in [6.45, 7) is 1.95. The maximum Gasteiger partial charge on any atom is 0.266 e. The van der Waals surface area contributed by atoms with Crippen molar-refractivity contribution in [3.05, 3.63) is 76.2 Å². The lowest BCUT2D eigenvalue weighted by Gasteiger charge is -2.16. The van der Waals surface area contributed by atoms with Crippen LogP contribution in [0.1, 0.15) is 12.5 Å². The number of anilines is 1. The number of aromatic nitrogens is 2. The van der Waals surface area contributed by atoms with Crippen LogP contribution in [0.3, 0.4) is 0 Å². The molecule has 0 aliphatic heterocycles. The highest BCUT2D eigenvalue weighted by atomic mass is 35.5. The highest BCUT2D eigenvalue weighted by Crippen LogP contribution is 2.26. The smallest absolute Gasteiger partial charge is 0.266 e. The molecule has 0 radical (unpaired) electrons. The monoisotopic (exact) mass is 407 g/mol. The van der Waals surface area contributed by atoms with Crippen LogP contribution in [-0.4, -0.2) is 21.8 Å². The van der Waals surface area contributed by atoms with Crippen LogP contribution in [0.15, 0.2) is 54.7 Å². The van der Waals surface area contributed by atoms with Crippen LogP contribution in [0.5, 0.6) is 5.75 Å². The Labute approximate surface area is 165 Å². The average molecular weight is 408 g/mol. The van der Waals surface area contributed by atoms with Gasteiger partial charge in [0.2, 0.25) is 0 Å². The fourth-order valence-corrected chi connectivity index (χ4v) is 2.78. The second kappa shape index (κ2) is 8.41. The maximum atomic E-state index is 12.9. The third-order valence-electron chi connectivity index (χ3n) is 3.82. The number of halogens is 3. The summed E-state index contributed by atoms with van der Waals surface area (Å²) in [7, 11) is 0. The second-order valence-electron chi connectivity index (χ2n) is 5.79. The summed E-state index contributed by atoms with van der Waals surface area (Å²) in [5, 5.41) is 7.87. The third kappa shape index (κ3) is 4.78. The molecule has 1 heterocycles. The first-order valence-corrected chi connectivity index (χ1v) is 8.87. The molecule has 8 heteroatoms. The summed E-state index contributed by atoms with van der Waals surface area (Å²) in [5.41, 5.74) is 0.777. The molecule has 1 amide bonds. The zero-order valence-electron chi connectivity index (χ0n) is 14.3. The summed E-state index contributed by atoms with van der Waals surface area (Å²) in [5.74, 6) is 0.158. The first-order chi connectivity index (χ1) is 12.9. The number of rotatable bonds is 6. The first kappa shape index (κ1) is 19.2. The normalized spacial score (nSPS) is 11.9. The minimum atomic E-state index is -0.784. The fourth-order valence-electron chi connectivity index (χ4n) is 2.40. The number of amides is 1. The van der Waals surface area contributed by atoms with Gasteiger partial charge in [0.05, 0.1) is 22.8 Å². The number of nitrogens with zero attached hydrogens (tertiary/aromatic N) is 2. The van der Waals surface area contributed by atoms with Crippen molar-refractivity contribution in [2.24, 2.45) is 0 Å². The Kier molecular flexibility index (Phi) is 5.98. The topological polar surface area (TPSA) is 56.1 Å². The summed E-state index contributed by atoms with van der Waals surface area (Å²) >= 11 is 12.2. The van der Waals surface area contributed by atoms with Gasteiger partial charge in [0, 0.05) is 6.07 Å². The number of ether oxygens (including phenoxy) is 1. The van der Waals surface area contributed by atoms with Crippen LogP contribution in [0.4, 0.5) is 10.2 Å². The van der Waals surface area contributed by atoms with Gasteiger partial charge in [0.15, 0.2) is 6.10 Å². The lowest BCUT2D eigenvalue weighted by Crippen LogP contribution is -2.31. The van der Waals surface area contributed by atoms with Crippen LogP contribution in [-0.2, 0) is 11.3 Å². The van der Waals surface area contributed by atoms with E-state index in [1.54, 1.807) is 36.0 Å². The molecule has 0 fully saturated rings. The minimum Gasteiger partial charge on any atom is -0.481 e. The van der Waals surface area contributed by atoms with Gasteiger partial charge in [-0.05, 0) is 42.8 Å². The van der Waals surface area contributed by atoms with Crippen molar-refractivity contribution in [2.45, 2.75) is 19.6 Å². The molecule has 3 aromatic rings. The van der Waals surface area contributed by atoms with Crippen molar-refractivity contribution in [3.63, 3.8) is 0 Å². The molecule has 140 valence electrons. The average Bonchev–Trinajstić information content (AvgIpc) is 3.07. The van der Waals surface area contributed by atoms with E-state index in [4.69, 9.17) is 27.9 Å². The molecule has 1 atom stereocenters. The Morgan fingerprint density at radius 2 is 1.96 bits per heavy atom. The van der Waals surface area contributed by atoms with Crippen molar-refractivity contribution < 1.29 is 13.9 Å². The minimum absolute atomic E-state index is 0.342. The summed E-state index contributed by atoms with van der Waals surface area (Å²) in [6.07, 6.45) is 0.785. The van der Waals surface area contributed by atoms with E-state index < -0.39 is 6.10 Å². The van der Waals surface area contributed by atoms with E-state index in [1.807, 2.05) is 6.07 Å². The molecule has 27 heavy (non-hydrogen) atoms. The molecule has 3 rings (SSSR count). The Hall–Kier alpha value is -2.57. The molecular formula is C19H16Cl2FN3O2. The lowest BCUT2D eigenvalue weighted by atomic mass is 10.2. The van der Waals surface area contributed by atoms with Crippen molar-refractivity contribution in [2.75, 3.05) is 5.32 Å². The van der Waals surface area contributed by atoms with E-state index in [9.17, 15) is 9.18 Å². The zero-order valence-corrected chi connectivity index (χ0v) is 15.8. The van der Waals surface area contributed by atoms with E-state index in [-0.39, 0.29) is 11.7 Å². The first-order valence-electron chi connectivity index (χ1n) is 8.12. The van der Waals surface area contributed by atoms with Gasteiger partial charge in [-0.25, -0.2) is 9.07 Å². The van der Waals surface area contributed by atoms with E-state index in [1.165, 1.54) is 24.3 Å². The van der Waals surface area contributed by atoms with Gasteiger partial charge in [0.1, 0.15) is 17.4 Å². The number of hydrogen-bond donors (Lipinski definition) is 1. The van der Waals surface area contributed by atoms with Crippen LogP contribution in [0, 0.1) is 5.82 Å². The van der Waals surface area contributed by atoms with Crippen LogP contribution < -0.4 is 10.1 Å². The predicted octanol–water partition coefficient (Wildman–Crippen LogP) is 4.78. The molecule has 1 N–H and O–H groups in total. The Balaban J connectivity index is 1.67. The maximum absolute atomic E-state index is 12.9.